The maximum Gasteiger partial charge on any atom is 0.308 e. The van der Waals surface area contributed by atoms with E-state index in [1.807, 2.05) is 36.4 Å². The molecule has 138 valence electrons. The summed E-state index contributed by atoms with van der Waals surface area (Å²) in [4.78, 5) is 25.1. The minimum absolute atomic E-state index is 0.0762. The summed E-state index contributed by atoms with van der Waals surface area (Å²) in [6, 6.07) is 12.0. The third kappa shape index (κ3) is 3.98. The number of benzene rings is 2. The Bertz CT molecular complexity index is 802. The highest BCUT2D eigenvalue weighted by molar-refractivity contribution is 5.89. The number of nitrogens with zero attached hydrogens (tertiary/aromatic N) is 1. The molecule has 1 aliphatic heterocycles. The topological polar surface area (TPSA) is 66.8 Å². The highest BCUT2D eigenvalue weighted by atomic mass is 16.5. The zero-order valence-electron chi connectivity index (χ0n) is 15.1. The van der Waals surface area contributed by atoms with Gasteiger partial charge in [0.15, 0.2) is 0 Å². The molecule has 1 atom stereocenters. The second-order valence-corrected chi connectivity index (χ2v) is 6.83. The molecule has 1 aliphatic rings. The van der Waals surface area contributed by atoms with Crippen molar-refractivity contribution >= 4 is 22.6 Å². The molecule has 1 saturated heterocycles. The maximum atomic E-state index is 12.3. The van der Waals surface area contributed by atoms with Gasteiger partial charge in [-0.3, -0.25) is 9.59 Å². The van der Waals surface area contributed by atoms with Gasteiger partial charge in [-0.15, -0.1) is 0 Å². The van der Waals surface area contributed by atoms with Gasteiger partial charge in [-0.05, 0) is 23.3 Å². The first kappa shape index (κ1) is 18.2. The normalized spacial score (nSPS) is 17.0. The van der Waals surface area contributed by atoms with Crippen LogP contribution in [0, 0.1) is 5.92 Å². The number of hydrogen-bond acceptors (Lipinski definition) is 3. The van der Waals surface area contributed by atoms with E-state index in [0.717, 1.165) is 41.3 Å². The Labute approximate surface area is 153 Å². The number of likely N-dealkylation sites (tertiary alicyclic amines) is 1. The van der Waals surface area contributed by atoms with E-state index < -0.39 is 11.9 Å². The van der Waals surface area contributed by atoms with Gasteiger partial charge in [0.2, 0.25) is 5.91 Å². The lowest BCUT2D eigenvalue weighted by Gasteiger charge is -2.20. The predicted molar refractivity (Wildman–Crippen MR) is 100 cm³/mol. The average Bonchev–Trinajstić information content (AvgIpc) is 3.01. The number of ether oxygens (including phenoxy) is 1. The molecule has 5 heteroatoms. The van der Waals surface area contributed by atoms with Crippen LogP contribution in [0.15, 0.2) is 36.4 Å². The van der Waals surface area contributed by atoms with Gasteiger partial charge in [0.1, 0.15) is 5.75 Å². The predicted octanol–water partition coefficient (Wildman–Crippen LogP) is 3.84. The number of carboxylic acids is 1. The highest BCUT2D eigenvalue weighted by Crippen LogP contribution is 2.31. The molecule has 1 heterocycles. The van der Waals surface area contributed by atoms with Crippen molar-refractivity contribution in [1.82, 2.24) is 4.90 Å². The van der Waals surface area contributed by atoms with Crippen LogP contribution in [0.5, 0.6) is 5.75 Å². The number of carboxylic acid groups (broad SMARTS) is 1. The summed E-state index contributed by atoms with van der Waals surface area (Å²) in [5, 5.41) is 11.3. The van der Waals surface area contributed by atoms with E-state index in [2.05, 4.69) is 6.92 Å². The molecular formula is C21H25NO4. The number of hydrogen-bond donors (Lipinski definition) is 1. The Morgan fingerprint density at radius 2 is 2.04 bits per heavy atom. The molecule has 0 aromatic heterocycles. The fraction of sp³-hybridized carbons (Fsp3) is 0.429. The maximum absolute atomic E-state index is 12.3. The van der Waals surface area contributed by atoms with Gasteiger partial charge in [-0.1, -0.05) is 50.1 Å². The van der Waals surface area contributed by atoms with Gasteiger partial charge in [0.05, 0.1) is 12.5 Å². The molecule has 1 amide bonds. The van der Waals surface area contributed by atoms with Crippen molar-refractivity contribution in [3.63, 3.8) is 0 Å². The lowest BCUT2D eigenvalue weighted by Crippen LogP contribution is -2.26. The summed E-state index contributed by atoms with van der Waals surface area (Å²) < 4.78 is 6.01. The van der Waals surface area contributed by atoms with Crippen LogP contribution < -0.4 is 4.74 Å². The van der Waals surface area contributed by atoms with Gasteiger partial charge in [0, 0.05) is 25.1 Å². The Morgan fingerprint density at radius 1 is 1.23 bits per heavy atom. The Morgan fingerprint density at radius 3 is 2.77 bits per heavy atom. The number of fused-ring (bicyclic) bond motifs is 1. The molecule has 0 bridgehead atoms. The molecule has 5 nitrogen and oxygen atoms in total. The van der Waals surface area contributed by atoms with Crippen LogP contribution in [0.25, 0.3) is 10.8 Å². The van der Waals surface area contributed by atoms with Gasteiger partial charge in [0.25, 0.3) is 0 Å². The van der Waals surface area contributed by atoms with E-state index in [1.165, 1.54) is 0 Å². The number of rotatable bonds is 8. The van der Waals surface area contributed by atoms with Crippen molar-refractivity contribution in [2.45, 2.75) is 39.2 Å². The first-order valence-electron chi connectivity index (χ1n) is 9.24. The molecular weight excluding hydrogens is 330 g/mol. The molecule has 1 unspecified atom stereocenters. The number of carbonyl (C=O) groups excluding carboxylic acids is 1. The van der Waals surface area contributed by atoms with Crippen LogP contribution in [0.4, 0.5) is 0 Å². The van der Waals surface area contributed by atoms with Gasteiger partial charge >= 0.3 is 5.97 Å². The van der Waals surface area contributed by atoms with Crippen molar-refractivity contribution in [2.24, 2.45) is 5.92 Å². The second-order valence-electron chi connectivity index (χ2n) is 6.83. The van der Waals surface area contributed by atoms with E-state index >= 15 is 0 Å². The number of carbonyl (C=O) groups is 2. The number of amides is 1. The lowest BCUT2D eigenvalue weighted by molar-refractivity contribution is -0.141. The third-order valence-corrected chi connectivity index (χ3v) is 4.92. The van der Waals surface area contributed by atoms with Crippen LogP contribution >= 0.6 is 0 Å². The zero-order valence-corrected chi connectivity index (χ0v) is 15.1. The Hall–Kier alpha value is -2.56. The summed E-state index contributed by atoms with van der Waals surface area (Å²) in [5.41, 5.74) is 0.957. The number of aliphatic carboxylic acids is 1. The molecule has 1 fully saturated rings. The van der Waals surface area contributed by atoms with Crippen LogP contribution in [0.2, 0.25) is 0 Å². The molecule has 0 spiro atoms. The zero-order chi connectivity index (χ0) is 18.5. The van der Waals surface area contributed by atoms with Crippen LogP contribution in [0.3, 0.4) is 0 Å². The number of unbranched alkanes of at least 4 members (excludes halogenated alkanes) is 2. The fourth-order valence-corrected chi connectivity index (χ4v) is 3.43. The summed E-state index contributed by atoms with van der Waals surface area (Å²) >= 11 is 0. The minimum atomic E-state index is -0.908. The van der Waals surface area contributed by atoms with Crippen molar-refractivity contribution < 1.29 is 19.4 Å². The third-order valence-electron chi connectivity index (χ3n) is 4.92. The minimum Gasteiger partial charge on any atom is -0.493 e. The molecule has 2 aromatic carbocycles. The molecule has 3 rings (SSSR count). The molecule has 0 aliphatic carbocycles. The van der Waals surface area contributed by atoms with Crippen LogP contribution in [-0.2, 0) is 16.1 Å². The van der Waals surface area contributed by atoms with Crippen molar-refractivity contribution in [2.75, 3.05) is 13.2 Å². The second kappa shape index (κ2) is 8.21. The van der Waals surface area contributed by atoms with E-state index in [0.29, 0.717) is 13.2 Å². The largest absolute Gasteiger partial charge is 0.493 e. The average molecular weight is 355 g/mol. The van der Waals surface area contributed by atoms with Gasteiger partial charge < -0.3 is 14.7 Å². The van der Waals surface area contributed by atoms with Crippen molar-refractivity contribution in [3.8, 4) is 5.75 Å². The fourth-order valence-electron chi connectivity index (χ4n) is 3.43. The van der Waals surface area contributed by atoms with E-state index in [-0.39, 0.29) is 18.9 Å². The van der Waals surface area contributed by atoms with Crippen molar-refractivity contribution in [1.29, 1.82) is 0 Å². The van der Waals surface area contributed by atoms with E-state index in [9.17, 15) is 14.7 Å². The molecule has 0 saturated carbocycles. The van der Waals surface area contributed by atoms with E-state index in [4.69, 9.17) is 4.74 Å². The first-order chi connectivity index (χ1) is 12.6. The summed E-state index contributed by atoms with van der Waals surface area (Å²) in [5.74, 6) is -0.852. The smallest absolute Gasteiger partial charge is 0.308 e. The van der Waals surface area contributed by atoms with Crippen LogP contribution in [0.1, 0.15) is 38.2 Å². The SMILES string of the molecule is CCCCCOc1ccc2ccccc2c1CN1CC(C(=O)O)CC1=O. The Balaban J connectivity index is 1.86. The molecule has 2 aromatic rings. The quantitative estimate of drug-likeness (QED) is 0.731. The van der Waals surface area contributed by atoms with Gasteiger partial charge in [-0.25, -0.2) is 0 Å². The van der Waals surface area contributed by atoms with Crippen LogP contribution in [-0.4, -0.2) is 35.0 Å². The first-order valence-corrected chi connectivity index (χ1v) is 9.24. The Kier molecular flexibility index (Phi) is 5.76. The summed E-state index contributed by atoms with van der Waals surface area (Å²) in [6.45, 7) is 3.43. The van der Waals surface area contributed by atoms with Gasteiger partial charge in [-0.2, -0.15) is 0 Å². The standard InChI is InChI=1S/C21H25NO4/c1-2-3-6-11-26-19-10-9-15-7-4-5-8-17(15)18(19)14-22-13-16(21(24)25)12-20(22)23/h4-5,7-10,16H,2-3,6,11-14H2,1H3,(H,24,25). The summed E-state index contributed by atoms with van der Waals surface area (Å²) in [6.07, 6.45) is 3.32. The molecule has 1 N–H and O–H groups in total. The highest BCUT2D eigenvalue weighted by Gasteiger charge is 2.34. The lowest BCUT2D eigenvalue weighted by atomic mass is 10.0. The monoisotopic (exact) mass is 355 g/mol. The van der Waals surface area contributed by atoms with Crippen molar-refractivity contribution in [3.05, 3.63) is 42.0 Å². The molecule has 26 heavy (non-hydrogen) atoms. The van der Waals surface area contributed by atoms with E-state index in [1.54, 1.807) is 4.90 Å². The summed E-state index contributed by atoms with van der Waals surface area (Å²) in [7, 11) is 0. The molecule has 0 radical (unpaired) electrons.